The molecule has 1 rings (SSSR count). The van der Waals surface area contributed by atoms with Crippen LogP contribution in [-0.2, 0) is 10.2 Å². The lowest BCUT2D eigenvalue weighted by atomic mass is 10.1. The average molecular weight is 243 g/mol. The monoisotopic (exact) mass is 243 g/mol. The molecule has 0 unspecified atom stereocenters. The van der Waals surface area contributed by atoms with Crippen molar-refractivity contribution in [2.75, 3.05) is 18.8 Å². The minimum absolute atomic E-state index is 0.316. The maximum absolute atomic E-state index is 11.6. The zero-order valence-corrected chi connectivity index (χ0v) is 10.7. The summed E-state index contributed by atoms with van der Waals surface area (Å²) in [7, 11) is -0.502. The van der Waals surface area contributed by atoms with Crippen LogP contribution in [0.2, 0.25) is 0 Å². The Hall–Kier alpha value is -1.14. The molecule has 5 nitrogen and oxygen atoms in total. The number of hydrogen-bond donors (Lipinski definition) is 1. The summed E-state index contributed by atoms with van der Waals surface area (Å²) in [5, 5.41) is 0. The molecule has 6 heteroatoms. The molecule has 0 atom stereocenters. The van der Waals surface area contributed by atoms with Crippen LogP contribution in [0.4, 0.5) is 5.69 Å². The second-order valence-electron chi connectivity index (χ2n) is 4.05. The van der Waals surface area contributed by atoms with Crippen molar-refractivity contribution in [3.63, 3.8) is 0 Å². The second-order valence-corrected chi connectivity index (χ2v) is 5.94. The van der Waals surface area contributed by atoms with Crippen molar-refractivity contribution < 1.29 is 8.42 Å². The van der Waals surface area contributed by atoms with Crippen molar-refractivity contribution in [1.29, 1.82) is 0 Å². The van der Waals surface area contributed by atoms with Gasteiger partial charge in [-0.25, -0.2) is 0 Å². The van der Waals surface area contributed by atoms with E-state index >= 15 is 0 Å². The molecule has 0 aliphatic heterocycles. The average Bonchev–Trinajstić information content (AvgIpc) is 2.17. The first kappa shape index (κ1) is 12.9. The molecule has 0 aliphatic carbocycles. The lowest BCUT2D eigenvalue weighted by Gasteiger charge is -2.14. The normalized spacial score (nSPS) is 12.1. The molecular weight excluding hydrogens is 226 g/mol. The number of pyridine rings is 1. The summed E-state index contributed by atoms with van der Waals surface area (Å²) in [6, 6.07) is 1.79. The lowest BCUT2D eigenvalue weighted by molar-refractivity contribution is 0.527. The van der Waals surface area contributed by atoms with Gasteiger partial charge in [-0.15, -0.1) is 0 Å². The highest BCUT2D eigenvalue weighted by Crippen LogP contribution is 2.17. The van der Waals surface area contributed by atoms with Crippen molar-refractivity contribution >= 4 is 15.9 Å². The van der Waals surface area contributed by atoms with E-state index in [2.05, 4.69) is 9.71 Å². The fourth-order valence-corrected chi connectivity index (χ4v) is 1.66. The van der Waals surface area contributed by atoms with E-state index in [1.54, 1.807) is 12.3 Å². The van der Waals surface area contributed by atoms with Gasteiger partial charge in [0.1, 0.15) is 0 Å². The van der Waals surface area contributed by atoms with Crippen LogP contribution < -0.4 is 4.72 Å². The molecule has 0 radical (unpaired) electrons. The van der Waals surface area contributed by atoms with Gasteiger partial charge in [0.2, 0.25) is 0 Å². The molecule has 0 fully saturated rings. The van der Waals surface area contributed by atoms with Crippen molar-refractivity contribution in [1.82, 2.24) is 9.29 Å². The Morgan fingerprint density at radius 3 is 2.44 bits per heavy atom. The van der Waals surface area contributed by atoms with Gasteiger partial charge in [-0.05, 0) is 17.5 Å². The van der Waals surface area contributed by atoms with E-state index in [0.29, 0.717) is 11.6 Å². The molecule has 0 bridgehead atoms. The van der Waals surface area contributed by atoms with Gasteiger partial charge in [-0.3, -0.25) is 9.71 Å². The second kappa shape index (κ2) is 4.80. The summed E-state index contributed by atoms with van der Waals surface area (Å²) >= 11 is 0. The molecule has 16 heavy (non-hydrogen) atoms. The largest absolute Gasteiger partial charge is 0.301 e. The molecule has 1 heterocycles. The number of nitrogens with zero attached hydrogens (tertiary/aromatic N) is 2. The minimum Gasteiger partial charge on any atom is -0.269 e. The number of hydrogen-bond acceptors (Lipinski definition) is 3. The van der Waals surface area contributed by atoms with E-state index in [9.17, 15) is 8.42 Å². The van der Waals surface area contributed by atoms with E-state index in [0.717, 1.165) is 9.87 Å². The van der Waals surface area contributed by atoms with Crippen LogP contribution in [0.5, 0.6) is 0 Å². The topological polar surface area (TPSA) is 62.3 Å². The molecule has 0 saturated carbocycles. The minimum atomic E-state index is -3.45. The molecule has 1 aromatic heterocycles. The highest BCUT2D eigenvalue weighted by Gasteiger charge is 2.13. The van der Waals surface area contributed by atoms with Crippen molar-refractivity contribution in [2.24, 2.45) is 0 Å². The van der Waals surface area contributed by atoms with Gasteiger partial charge in [0, 0.05) is 20.3 Å². The Morgan fingerprint density at radius 2 is 1.94 bits per heavy atom. The van der Waals surface area contributed by atoms with Gasteiger partial charge in [-0.2, -0.15) is 12.7 Å². The summed E-state index contributed by atoms with van der Waals surface area (Å²) in [6.07, 6.45) is 3.23. The van der Waals surface area contributed by atoms with Crippen molar-refractivity contribution in [2.45, 2.75) is 19.8 Å². The molecule has 0 amide bonds. The highest BCUT2D eigenvalue weighted by molar-refractivity contribution is 7.90. The first-order valence-corrected chi connectivity index (χ1v) is 6.42. The molecule has 90 valence electrons. The lowest BCUT2D eigenvalue weighted by Crippen LogP contribution is -2.29. The fraction of sp³-hybridized carbons (Fsp3) is 0.500. The van der Waals surface area contributed by atoms with Gasteiger partial charge >= 0.3 is 10.2 Å². The third kappa shape index (κ3) is 3.18. The zero-order chi connectivity index (χ0) is 12.3. The molecular formula is C10H17N3O2S. The van der Waals surface area contributed by atoms with Crippen LogP contribution in [0.1, 0.15) is 25.3 Å². The molecule has 0 spiro atoms. The van der Waals surface area contributed by atoms with Gasteiger partial charge in [0.15, 0.2) is 0 Å². The smallest absolute Gasteiger partial charge is 0.269 e. The van der Waals surface area contributed by atoms with Gasteiger partial charge in [0.25, 0.3) is 0 Å². The highest BCUT2D eigenvalue weighted by atomic mass is 32.2. The summed E-state index contributed by atoms with van der Waals surface area (Å²) in [4.78, 5) is 4.00. The molecule has 0 saturated heterocycles. The quantitative estimate of drug-likeness (QED) is 0.870. The number of nitrogens with one attached hydrogen (secondary N) is 1. The molecule has 1 aromatic rings. The van der Waals surface area contributed by atoms with Crippen LogP contribution in [0.15, 0.2) is 18.5 Å². The Kier molecular flexibility index (Phi) is 3.88. The van der Waals surface area contributed by atoms with Crippen LogP contribution in [0, 0.1) is 0 Å². The van der Waals surface area contributed by atoms with Crippen LogP contribution in [-0.4, -0.2) is 31.8 Å². The number of anilines is 1. The summed E-state index contributed by atoms with van der Waals surface area (Å²) in [6.45, 7) is 4.06. The maximum Gasteiger partial charge on any atom is 0.301 e. The Labute approximate surface area is 96.7 Å². The summed E-state index contributed by atoms with van der Waals surface area (Å²) in [5.41, 5.74) is 1.49. The standard InChI is InChI=1S/C10H17N3O2S/c1-8(2)9-5-10(7-11-6-9)12-16(14,15)13(3)4/h5-8,12H,1-4H3. The third-order valence-corrected chi connectivity index (χ3v) is 3.61. The maximum atomic E-state index is 11.6. The SMILES string of the molecule is CC(C)c1cncc(NS(=O)(=O)N(C)C)c1. The summed E-state index contributed by atoms with van der Waals surface area (Å²) < 4.78 is 26.7. The Bertz CT molecular complexity index is 455. The van der Waals surface area contributed by atoms with Crippen LogP contribution in [0.25, 0.3) is 0 Å². The summed E-state index contributed by atoms with van der Waals surface area (Å²) in [5.74, 6) is 0.316. The first-order valence-electron chi connectivity index (χ1n) is 4.98. The van der Waals surface area contributed by atoms with E-state index in [-0.39, 0.29) is 0 Å². The fourth-order valence-electron chi connectivity index (χ4n) is 1.07. The predicted octanol–water partition coefficient (Wildman–Crippen LogP) is 1.42. The molecule has 0 aromatic carbocycles. The first-order chi connectivity index (χ1) is 7.33. The zero-order valence-electron chi connectivity index (χ0n) is 9.93. The molecule has 1 N–H and O–H groups in total. The number of aromatic nitrogens is 1. The van der Waals surface area contributed by atoms with E-state index in [1.807, 2.05) is 13.8 Å². The molecule has 0 aliphatic rings. The van der Waals surface area contributed by atoms with Gasteiger partial charge in [-0.1, -0.05) is 13.8 Å². The van der Waals surface area contributed by atoms with E-state index in [4.69, 9.17) is 0 Å². The Balaban J connectivity index is 2.95. The Morgan fingerprint density at radius 1 is 1.31 bits per heavy atom. The van der Waals surface area contributed by atoms with E-state index < -0.39 is 10.2 Å². The third-order valence-electron chi connectivity index (χ3n) is 2.15. The predicted molar refractivity (Wildman–Crippen MR) is 64.6 cm³/mol. The number of rotatable bonds is 4. The van der Waals surface area contributed by atoms with Gasteiger partial charge in [0.05, 0.1) is 11.9 Å². The van der Waals surface area contributed by atoms with Crippen molar-refractivity contribution in [3.8, 4) is 0 Å². The van der Waals surface area contributed by atoms with Crippen LogP contribution in [0.3, 0.4) is 0 Å². The van der Waals surface area contributed by atoms with Gasteiger partial charge < -0.3 is 0 Å². The van der Waals surface area contributed by atoms with Crippen LogP contribution >= 0.6 is 0 Å². The van der Waals surface area contributed by atoms with Crippen molar-refractivity contribution in [3.05, 3.63) is 24.0 Å². The van der Waals surface area contributed by atoms with E-state index in [1.165, 1.54) is 20.3 Å².